The first kappa shape index (κ1) is 16.2. The monoisotopic (exact) mass is 347 g/mol. The van der Waals surface area contributed by atoms with Gasteiger partial charge in [-0.2, -0.15) is 5.10 Å². The van der Waals surface area contributed by atoms with Gasteiger partial charge in [-0.25, -0.2) is 0 Å². The smallest absolute Gasteiger partial charge is 0.0557 e. The maximum Gasteiger partial charge on any atom is 0.0557 e. The molecule has 0 saturated carbocycles. The molecule has 3 nitrogen and oxygen atoms in total. The lowest BCUT2D eigenvalue weighted by Gasteiger charge is -2.34. The van der Waals surface area contributed by atoms with Crippen LogP contribution in [0.15, 0.2) is 47.6 Å². The highest BCUT2D eigenvalue weighted by Gasteiger charge is 2.15. The lowest BCUT2D eigenvalue weighted by molar-refractivity contribution is 0.272. The van der Waals surface area contributed by atoms with Gasteiger partial charge in [0.1, 0.15) is 0 Å². The molecule has 0 amide bonds. The number of hydrogen-bond acceptors (Lipinski definition) is 3. The molecule has 5 heteroatoms. The Balaban J connectivity index is 1.58. The fourth-order valence-electron chi connectivity index (χ4n) is 2.58. The van der Waals surface area contributed by atoms with E-state index in [-0.39, 0.29) is 0 Å². The Morgan fingerprint density at radius 1 is 0.957 bits per heavy atom. The molecule has 0 atom stereocenters. The second-order valence-corrected chi connectivity index (χ2v) is 6.53. The molecule has 3 rings (SSSR count). The first-order chi connectivity index (χ1) is 11.1. The van der Waals surface area contributed by atoms with Crippen molar-refractivity contribution in [3.05, 3.63) is 63.6 Å². The van der Waals surface area contributed by atoms with Gasteiger partial charge in [0.25, 0.3) is 0 Å². The van der Waals surface area contributed by atoms with Crippen molar-refractivity contribution in [3.63, 3.8) is 0 Å². The van der Waals surface area contributed by atoms with Crippen molar-refractivity contribution < 1.29 is 0 Å². The quantitative estimate of drug-likeness (QED) is 0.763. The van der Waals surface area contributed by atoms with E-state index < -0.39 is 0 Å². The van der Waals surface area contributed by atoms with Crippen LogP contribution in [0.3, 0.4) is 0 Å². The Hall–Kier alpha value is -1.71. The maximum atomic E-state index is 6.16. The highest BCUT2D eigenvalue weighted by molar-refractivity contribution is 6.36. The van der Waals surface area contributed by atoms with E-state index in [2.05, 4.69) is 46.2 Å². The van der Waals surface area contributed by atoms with Gasteiger partial charge in [-0.3, -0.25) is 5.01 Å². The van der Waals surface area contributed by atoms with Crippen molar-refractivity contribution in [2.24, 2.45) is 5.10 Å². The normalized spacial score (nSPS) is 15.4. The lowest BCUT2D eigenvalue weighted by atomic mass is 10.2. The minimum absolute atomic E-state index is 0.625. The number of hydrogen-bond donors (Lipinski definition) is 0. The first-order valence-electron chi connectivity index (χ1n) is 7.67. The molecule has 2 aromatic carbocycles. The summed E-state index contributed by atoms with van der Waals surface area (Å²) in [5, 5.41) is 7.88. The van der Waals surface area contributed by atoms with Crippen molar-refractivity contribution in [2.75, 3.05) is 31.1 Å². The molecule has 0 aliphatic carbocycles. The summed E-state index contributed by atoms with van der Waals surface area (Å²) in [6, 6.07) is 14.1. The van der Waals surface area contributed by atoms with Crippen LogP contribution in [-0.2, 0) is 0 Å². The van der Waals surface area contributed by atoms with Crippen LogP contribution in [0.1, 0.15) is 11.1 Å². The van der Waals surface area contributed by atoms with E-state index in [4.69, 9.17) is 23.2 Å². The van der Waals surface area contributed by atoms with E-state index in [0.29, 0.717) is 10.0 Å². The summed E-state index contributed by atoms with van der Waals surface area (Å²) < 4.78 is 0. The molecule has 0 aromatic heterocycles. The second kappa shape index (κ2) is 7.24. The van der Waals surface area contributed by atoms with Gasteiger partial charge < -0.3 is 4.90 Å². The largest absolute Gasteiger partial charge is 0.368 e. The van der Waals surface area contributed by atoms with E-state index in [0.717, 1.165) is 31.7 Å². The van der Waals surface area contributed by atoms with Crippen molar-refractivity contribution in [3.8, 4) is 0 Å². The molecule has 0 radical (unpaired) electrons. The number of rotatable bonds is 3. The van der Waals surface area contributed by atoms with Crippen LogP contribution in [0.25, 0.3) is 0 Å². The summed E-state index contributed by atoms with van der Waals surface area (Å²) in [6.45, 7) is 5.84. The third kappa shape index (κ3) is 4.18. The highest BCUT2D eigenvalue weighted by Crippen LogP contribution is 2.20. The van der Waals surface area contributed by atoms with Gasteiger partial charge in [0.05, 0.1) is 24.3 Å². The number of benzene rings is 2. The molecule has 1 aliphatic heterocycles. The minimum atomic E-state index is 0.625. The number of halogens is 2. The van der Waals surface area contributed by atoms with Crippen molar-refractivity contribution >= 4 is 35.1 Å². The topological polar surface area (TPSA) is 18.8 Å². The predicted octanol–water partition coefficient (Wildman–Crippen LogP) is 4.46. The third-order valence-electron chi connectivity index (χ3n) is 3.98. The van der Waals surface area contributed by atoms with Crippen LogP contribution < -0.4 is 4.90 Å². The molecule has 0 N–H and O–H groups in total. The van der Waals surface area contributed by atoms with E-state index in [1.54, 1.807) is 12.3 Å². The first-order valence-corrected chi connectivity index (χ1v) is 8.43. The molecule has 1 aliphatic rings. The van der Waals surface area contributed by atoms with Gasteiger partial charge in [-0.05, 0) is 31.2 Å². The number of aryl methyl sites for hydroxylation is 1. The van der Waals surface area contributed by atoms with Gasteiger partial charge in [-0.15, -0.1) is 0 Å². The molecular formula is C18H19Cl2N3. The average Bonchev–Trinajstić information content (AvgIpc) is 2.55. The van der Waals surface area contributed by atoms with E-state index in [9.17, 15) is 0 Å². The summed E-state index contributed by atoms with van der Waals surface area (Å²) in [4.78, 5) is 2.39. The van der Waals surface area contributed by atoms with E-state index in [1.807, 2.05) is 12.1 Å². The van der Waals surface area contributed by atoms with E-state index >= 15 is 0 Å². The van der Waals surface area contributed by atoms with E-state index in [1.165, 1.54) is 11.3 Å². The summed E-state index contributed by atoms with van der Waals surface area (Å²) in [7, 11) is 0. The van der Waals surface area contributed by atoms with Crippen LogP contribution in [-0.4, -0.2) is 37.4 Å². The molecule has 1 saturated heterocycles. The fourth-order valence-corrected chi connectivity index (χ4v) is 3.03. The summed E-state index contributed by atoms with van der Waals surface area (Å²) in [5.41, 5.74) is 3.45. The standard InChI is InChI=1S/C18H19Cl2N3/c1-14-2-6-17(7-3-14)22-8-10-23(11-9-22)21-13-15-4-5-16(19)12-18(15)20/h2-7,12-13H,8-11H2,1H3. The predicted molar refractivity (Wildman–Crippen MR) is 99.0 cm³/mol. The molecule has 0 unspecified atom stereocenters. The van der Waals surface area contributed by atoms with Crippen LogP contribution in [0.2, 0.25) is 10.0 Å². The number of hydrazone groups is 1. The maximum absolute atomic E-state index is 6.16. The van der Waals surface area contributed by atoms with Crippen molar-refractivity contribution in [1.82, 2.24) is 5.01 Å². The molecule has 120 valence electrons. The Kier molecular flexibility index (Phi) is 5.09. The SMILES string of the molecule is Cc1ccc(N2CCN(N=Cc3ccc(Cl)cc3Cl)CC2)cc1. The van der Waals surface area contributed by atoms with Crippen LogP contribution in [0, 0.1) is 6.92 Å². The zero-order valence-electron chi connectivity index (χ0n) is 13.0. The molecule has 2 aromatic rings. The van der Waals surface area contributed by atoms with Gasteiger partial charge in [-0.1, -0.05) is 47.0 Å². The summed E-state index contributed by atoms with van der Waals surface area (Å²) in [5.74, 6) is 0. The molecular weight excluding hydrogens is 329 g/mol. The fraction of sp³-hybridized carbons (Fsp3) is 0.278. The third-order valence-corrected chi connectivity index (χ3v) is 4.54. The molecule has 0 bridgehead atoms. The van der Waals surface area contributed by atoms with Gasteiger partial charge in [0.15, 0.2) is 0 Å². The Morgan fingerprint density at radius 2 is 1.65 bits per heavy atom. The summed E-state index contributed by atoms with van der Waals surface area (Å²) >= 11 is 12.1. The lowest BCUT2D eigenvalue weighted by Crippen LogP contribution is -2.44. The Bertz CT molecular complexity index is 690. The zero-order chi connectivity index (χ0) is 16.2. The summed E-state index contributed by atoms with van der Waals surface area (Å²) in [6.07, 6.45) is 1.81. The van der Waals surface area contributed by atoms with Crippen molar-refractivity contribution in [1.29, 1.82) is 0 Å². The molecule has 1 heterocycles. The molecule has 23 heavy (non-hydrogen) atoms. The van der Waals surface area contributed by atoms with Gasteiger partial charge >= 0.3 is 0 Å². The Morgan fingerprint density at radius 3 is 2.30 bits per heavy atom. The number of nitrogens with zero attached hydrogens (tertiary/aromatic N) is 3. The van der Waals surface area contributed by atoms with Crippen molar-refractivity contribution in [2.45, 2.75) is 6.92 Å². The van der Waals surface area contributed by atoms with Gasteiger partial charge in [0.2, 0.25) is 0 Å². The van der Waals surface area contributed by atoms with Crippen LogP contribution >= 0.6 is 23.2 Å². The average molecular weight is 348 g/mol. The molecule has 1 fully saturated rings. The zero-order valence-corrected chi connectivity index (χ0v) is 14.6. The minimum Gasteiger partial charge on any atom is -0.368 e. The Labute approximate surface area is 147 Å². The van der Waals surface area contributed by atoms with Gasteiger partial charge in [0, 0.05) is 29.4 Å². The number of piperazine rings is 1. The number of anilines is 1. The van der Waals surface area contributed by atoms with Crippen LogP contribution in [0.4, 0.5) is 5.69 Å². The molecule has 0 spiro atoms. The van der Waals surface area contributed by atoms with Crippen LogP contribution in [0.5, 0.6) is 0 Å². The highest BCUT2D eigenvalue weighted by atomic mass is 35.5. The second-order valence-electron chi connectivity index (χ2n) is 5.69.